The Morgan fingerprint density at radius 2 is 2.16 bits per heavy atom. The smallest absolute Gasteiger partial charge is 0.191 e. The number of nitrogens with one attached hydrogen (secondary N) is 2. The van der Waals surface area contributed by atoms with Crippen LogP contribution in [0.2, 0.25) is 0 Å². The van der Waals surface area contributed by atoms with Crippen molar-refractivity contribution in [1.29, 1.82) is 0 Å². The van der Waals surface area contributed by atoms with Gasteiger partial charge in [-0.2, -0.15) is 0 Å². The van der Waals surface area contributed by atoms with Crippen molar-refractivity contribution in [3.63, 3.8) is 0 Å². The van der Waals surface area contributed by atoms with Crippen molar-refractivity contribution in [2.75, 3.05) is 26.2 Å². The monoisotopic (exact) mass is 475 g/mol. The average Bonchev–Trinajstić information content (AvgIpc) is 3.07. The van der Waals surface area contributed by atoms with E-state index in [2.05, 4.69) is 39.4 Å². The summed E-state index contributed by atoms with van der Waals surface area (Å²) in [6.45, 7) is 6.98. The minimum absolute atomic E-state index is 0. The van der Waals surface area contributed by atoms with Gasteiger partial charge in [0.2, 0.25) is 0 Å². The van der Waals surface area contributed by atoms with Crippen LogP contribution in [0.4, 0.5) is 0 Å². The van der Waals surface area contributed by atoms with Crippen LogP contribution >= 0.6 is 35.3 Å². The summed E-state index contributed by atoms with van der Waals surface area (Å²) in [5.41, 5.74) is 0. The molecular formula is C17H26IN5OS. The lowest BCUT2D eigenvalue weighted by atomic mass is 10.4. The summed E-state index contributed by atoms with van der Waals surface area (Å²) in [6, 6.07) is 3.75. The average molecular weight is 475 g/mol. The number of hydrogen-bond acceptors (Lipinski definition) is 5. The van der Waals surface area contributed by atoms with Crippen LogP contribution < -0.4 is 15.4 Å². The molecule has 0 amide bonds. The maximum Gasteiger partial charge on any atom is 0.191 e. The van der Waals surface area contributed by atoms with E-state index in [4.69, 9.17) is 4.74 Å². The molecule has 25 heavy (non-hydrogen) atoms. The molecule has 2 heterocycles. The van der Waals surface area contributed by atoms with Crippen molar-refractivity contribution >= 4 is 41.3 Å². The topological polar surface area (TPSA) is 71.4 Å². The molecule has 0 spiro atoms. The van der Waals surface area contributed by atoms with Crippen molar-refractivity contribution in [3.05, 3.63) is 40.6 Å². The van der Waals surface area contributed by atoms with E-state index in [9.17, 15) is 0 Å². The lowest BCUT2D eigenvalue weighted by Gasteiger charge is -2.11. The van der Waals surface area contributed by atoms with Gasteiger partial charge in [0.1, 0.15) is 12.4 Å². The lowest BCUT2D eigenvalue weighted by molar-refractivity contribution is 0.320. The molecule has 2 rings (SSSR count). The van der Waals surface area contributed by atoms with Crippen LogP contribution in [0.15, 0.2) is 35.7 Å². The molecule has 0 unspecified atom stereocenters. The zero-order chi connectivity index (χ0) is 17.0. The van der Waals surface area contributed by atoms with Gasteiger partial charge in [-0.1, -0.05) is 6.92 Å². The molecule has 138 valence electrons. The van der Waals surface area contributed by atoms with Gasteiger partial charge in [0.15, 0.2) is 5.96 Å². The molecule has 6 nitrogen and oxygen atoms in total. The van der Waals surface area contributed by atoms with Gasteiger partial charge < -0.3 is 15.4 Å². The van der Waals surface area contributed by atoms with Crippen LogP contribution in [0.3, 0.4) is 0 Å². The van der Waals surface area contributed by atoms with Crippen molar-refractivity contribution in [2.24, 2.45) is 4.99 Å². The van der Waals surface area contributed by atoms with E-state index in [-0.39, 0.29) is 24.0 Å². The van der Waals surface area contributed by atoms with E-state index in [1.54, 1.807) is 23.7 Å². The Labute approximate surface area is 170 Å². The van der Waals surface area contributed by atoms with E-state index in [1.807, 2.05) is 18.3 Å². The van der Waals surface area contributed by atoms with Gasteiger partial charge in [-0.25, -0.2) is 4.98 Å². The number of halogens is 1. The molecule has 0 aromatic carbocycles. The molecular weight excluding hydrogens is 449 g/mol. The summed E-state index contributed by atoms with van der Waals surface area (Å²) in [5, 5.41) is 7.65. The van der Waals surface area contributed by atoms with Crippen molar-refractivity contribution in [1.82, 2.24) is 20.6 Å². The van der Waals surface area contributed by atoms with Crippen molar-refractivity contribution in [2.45, 2.75) is 26.7 Å². The van der Waals surface area contributed by atoms with E-state index in [0.29, 0.717) is 13.2 Å². The standard InChI is InChI=1S/C17H25N5OS.HI/c1-3-15-13-22-16(24-15)7-9-20-17(19-4-2)21-10-11-23-14-6-5-8-18-12-14;/h5-6,8,12-13H,3-4,7,9-11H2,1-2H3,(H2,19,20,21);1H. The maximum atomic E-state index is 5.61. The molecule has 0 aliphatic rings. The van der Waals surface area contributed by atoms with Crippen LogP contribution in [-0.4, -0.2) is 42.2 Å². The number of thiazole rings is 1. The summed E-state index contributed by atoms with van der Waals surface area (Å²) in [4.78, 5) is 14.3. The molecule has 0 radical (unpaired) electrons. The molecule has 8 heteroatoms. The van der Waals surface area contributed by atoms with Crippen LogP contribution in [0, 0.1) is 0 Å². The number of pyridine rings is 1. The van der Waals surface area contributed by atoms with Gasteiger partial charge in [-0.15, -0.1) is 35.3 Å². The largest absolute Gasteiger partial charge is 0.490 e. The zero-order valence-electron chi connectivity index (χ0n) is 14.7. The molecule has 0 saturated carbocycles. The summed E-state index contributed by atoms with van der Waals surface area (Å²) in [6.07, 6.45) is 7.31. The Morgan fingerprint density at radius 1 is 1.28 bits per heavy atom. The summed E-state index contributed by atoms with van der Waals surface area (Å²) >= 11 is 1.77. The Hall–Kier alpha value is -1.42. The number of nitrogens with zero attached hydrogens (tertiary/aromatic N) is 3. The Morgan fingerprint density at radius 3 is 2.84 bits per heavy atom. The quantitative estimate of drug-likeness (QED) is 0.253. The summed E-state index contributed by atoms with van der Waals surface area (Å²) < 4.78 is 5.61. The molecule has 0 bridgehead atoms. The minimum atomic E-state index is 0. The highest BCUT2D eigenvalue weighted by Gasteiger charge is 2.01. The fraction of sp³-hybridized carbons (Fsp3) is 0.471. The Kier molecular flexibility index (Phi) is 11.1. The van der Waals surface area contributed by atoms with Crippen LogP contribution in [0.25, 0.3) is 0 Å². The second-order valence-corrected chi connectivity index (χ2v) is 6.25. The van der Waals surface area contributed by atoms with E-state index < -0.39 is 0 Å². The number of rotatable bonds is 9. The third kappa shape index (κ3) is 8.48. The first-order valence-electron chi connectivity index (χ1n) is 8.30. The normalized spacial score (nSPS) is 10.9. The third-order valence-electron chi connectivity index (χ3n) is 3.19. The highest BCUT2D eigenvalue weighted by Crippen LogP contribution is 2.13. The van der Waals surface area contributed by atoms with Crippen LogP contribution in [0.1, 0.15) is 23.7 Å². The second kappa shape index (κ2) is 12.9. The second-order valence-electron chi connectivity index (χ2n) is 5.05. The number of guanidine groups is 1. The molecule has 0 atom stereocenters. The highest BCUT2D eigenvalue weighted by atomic mass is 127. The van der Waals surface area contributed by atoms with Crippen LogP contribution in [0.5, 0.6) is 5.75 Å². The predicted molar refractivity (Wildman–Crippen MR) is 114 cm³/mol. The molecule has 0 aliphatic heterocycles. The molecule has 0 aliphatic carbocycles. The Balaban J connectivity index is 0.00000312. The number of aryl methyl sites for hydroxylation is 1. The summed E-state index contributed by atoms with van der Waals surface area (Å²) in [7, 11) is 0. The highest BCUT2D eigenvalue weighted by molar-refractivity contribution is 14.0. The number of ether oxygens (including phenoxy) is 1. The predicted octanol–water partition coefficient (Wildman–Crippen LogP) is 2.90. The molecule has 2 aromatic heterocycles. The number of hydrogen-bond donors (Lipinski definition) is 2. The van der Waals surface area contributed by atoms with E-state index in [0.717, 1.165) is 42.6 Å². The van der Waals surface area contributed by atoms with Gasteiger partial charge in [-0.3, -0.25) is 9.98 Å². The number of aliphatic imine (C=N–C) groups is 1. The first kappa shape index (κ1) is 21.6. The first-order valence-corrected chi connectivity index (χ1v) is 9.12. The fourth-order valence-electron chi connectivity index (χ4n) is 2.00. The minimum Gasteiger partial charge on any atom is -0.490 e. The van der Waals surface area contributed by atoms with Gasteiger partial charge in [0, 0.05) is 36.8 Å². The molecule has 0 saturated heterocycles. The van der Waals surface area contributed by atoms with Crippen molar-refractivity contribution in [3.8, 4) is 5.75 Å². The van der Waals surface area contributed by atoms with Gasteiger partial charge in [0.25, 0.3) is 0 Å². The fourth-order valence-corrected chi connectivity index (χ4v) is 2.85. The Bertz CT molecular complexity index is 621. The lowest BCUT2D eigenvalue weighted by Crippen LogP contribution is -2.39. The van der Waals surface area contributed by atoms with Gasteiger partial charge in [-0.05, 0) is 25.5 Å². The third-order valence-corrected chi connectivity index (χ3v) is 4.39. The van der Waals surface area contributed by atoms with E-state index in [1.165, 1.54) is 4.88 Å². The van der Waals surface area contributed by atoms with Gasteiger partial charge in [0.05, 0.1) is 17.7 Å². The summed E-state index contributed by atoms with van der Waals surface area (Å²) in [5.74, 6) is 1.58. The van der Waals surface area contributed by atoms with E-state index >= 15 is 0 Å². The van der Waals surface area contributed by atoms with Crippen LogP contribution in [-0.2, 0) is 12.8 Å². The SMILES string of the molecule is CCNC(=NCCc1ncc(CC)s1)NCCOc1cccnc1.I. The molecule has 0 fully saturated rings. The molecule has 2 N–H and O–H groups in total. The number of aromatic nitrogens is 2. The maximum absolute atomic E-state index is 5.61. The first-order chi connectivity index (χ1) is 11.8. The molecule has 2 aromatic rings. The van der Waals surface area contributed by atoms with Gasteiger partial charge >= 0.3 is 0 Å². The zero-order valence-corrected chi connectivity index (χ0v) is 17.8. The van der Waals surface area contributed by atoms with Crippen molar-refractivity contribution < 1.29 is 4.74 Å².